The van der Waals surface area contributed by atoms with Crippen LogP contribution in [0.3, 0.4) is 0 Å². The molecule has 2 aromatic rings. The van der Waals surface area contributed by atoms with Gasteiger partial charge in [-0.2, -0.15) is 9.29 Å². The molecule has 30 heavy (non-hydrogen) atoms. The van der Waals surface area contributed by atoms with Crippen LogP contribution in [0.5, 0.6) is 0 Å². The van der Waals surface area contributed by atoms with Crippen LogP contribution in [0.25, 0.3) is 0 Å². The molecule has 7 nitrogen and oxygen atoms in total. The van der Waals surface area contributed by atoms with E-state index in [0.29, 0.717) is 37.0 Å². The molecule has 4 rings (SSSR count). The van der Waals surface area contributed by atoms with Crippen molar-refractivity contribution in [2.24, 2.45) is 0 Å². The number of anilines is 2. The van der Waals surface area contributed by atoms with E-state index in [0.717, 1.165) is 35.7 Å². The van der Waals surface area contributed by atoms with Gasteiger partial charge in [0, 0.05) is 51.0 Å². The van der Waals surface area contributed by atoms with Crippen molar-refractivity contribution < 1.29 is 8.42 Å². The van der Waals surface area contributed by atoms with Gasteiger partial charge in [-0.25, -0.2) is 13.4 Å². The maximum atomic E-state index is 13.1. The van der Waals surface area contributed by atoms with Crippen LogP contribution in [0.1, 0.15) is 36.1 Å². The molecular formula is C22H31N5O2S. The Kier molecular flexibility index (Phi) is 5.97. The summed E-state index contributed by atoms with van der Waals surface area (Å²) < 4.78 is 27.7. The van der Waals surface area contributed by atoms with E-state index in [2.05, 4.69) is 20.9 Å². The number of hydrogen-bond donors (Lipinski definition) is 0. The molecule has 0 unspecified atom stereocenters. The minimum Gasteiger partial charge on any atom is -0.356 e. The zero-order chi connectivity index (χ0) is 21.3. The number of nitrogens with zero attached hydrogens (tertiary/aromatic N) is 5. The molecule has 0 saturated carbocycles. The molecule has 8 heteroatoms. The fraction of sp³-hybridized carbons (Fsp3) is 0.545. The van der Waals surface area contributed by atoms with E-state index in [1.807, 2.05) is 26.8 Å². The maximum absolute atomic E-state index is 13.1. The summed E-state index contributed by atoms with van der Waals surface area (Å²) in [5.74, 6) is 1.70. The summed E-state index contributed by atoms with van der Waals surface area (Å²) >= 11 is 0. The summed E-state index contributed by atoms with van der Waals surface area (Å²) in [6.45, 7) is 10.1. The molecule has 0 N–H and O–H groups in total. The van der Waals surface area contributed by atoms with Gasteiger partial charge in [0.15, 0.2) is 0 Å². The van der Waals surface area contributed by atoms with Gasteiger partial charge >= 0.3 is 0 Å². The number of sulfonamides is 1. The predicted octanol–water partition coefficient (Wildman–Crippen LogP) is 2.90. The first kappa shape index (κ1) is 21.1. The van der Waals surface area contributed by atoms with Crippen molar-refractivity contribution in [1.29, 1.82) is 0 Å². The third kappa shape index (κ3) is 4.30. The quantitative estimate of drug-likeness (QED) is 0.744. The zero-order valence-corrected chi connectivity index (χ0v) is 19.0. The Hall–Kier alpha value is -2.19. The molecule has 2 fully saturated rings. The normalized spacial score (nSPS) is 18.6. The number of aromatic nitrogens is 2. The highest BCUT2D eigenvalue weighted by Crippen LogP contribution is 2.24. The number of rotatable bonds is 4. The molecule has 2 aliphatic rings. The molecule has 1 aromatic carbocycles. The maximum Gasteiger partial charge on any atom is 0.243 e. The second-order valence-electron chi connectivity index (χ2n) is 8.35. The lowest BCUT2D eigenvalue weighted by molar-refractivity contribution is 0.382. The van der Waals surface area contributed by atoms with Crippen LogP contribution < -0.4 is 9.80 Å². The van der Waals surface area contributed by atoms with Crippen LogP contribution in [0.4, 0.5) is 11.8 Å². The molecule has 0 bridgehead atoms. The minimum absolute atomic E-state index is 0.373. The molecule has 2 saturated heterocycles. The predicted molar refractivity (Wildman–Crippen MR) is 120 cm³/mol. The van der Waals surface area contributed by atoms with E-state index in [-0.39, 0.29) is 0 Å². The average Bonchev–Trinajstić information content (AvgIpc) is 2.76. The number of aryl methyl sites for hydroxylation is 3. The van der Waals surface area contributed by atoms with Gasteiger partial charge in [-0.15, -0.1) is 0 Å². The van der Waals surface area contributed by atoms with Crippen molar-refractivity contribution in [3.05, 3.63) is 41.1 Å². The number of piperazine rings is 1. The first-order valence-electron chi connectivity index (χ1n) is 10.8. The summed E-state index contributed by atoms with van der Waals surface area (Å²) in [7, 11) is -3.48. The Balaban J connectivity index is 1.48. The highest BCUT2D eigenvalue weighted by atomic mass is 32.2. The Morgan fingerprint density at radius 3 is 2.13 bits per heavy atom. The lowest BCUT2D eigenvalue weighted by Crippen LogP contribution is -2.49. The fourth-order valence-electron chi connectivity index (χ4n) is 4.11. The molecule has 0 radical (unpaired) electrons. The van der Waals surface area contributed by atoms with Gasteiger partial charge in [-0.3, -0.25) is 0 Å². The Bertz CT molecular complexity index is 1010. The van der Waals surface area contributed by atoms with E-state index >= 15 is 0 Å². The standard InChI is InChI=1S/C22H31N5O2S/c1-17-7-8-20(15-18(17)2)30(28,29)27-13-11-26(12-14-27)22-23-19(3)16-21(24-22)25-9-5-4-6-10-25/h7-8,15-16H,4-6,9-14H2,1-3H3. The summed E-state index contributed by atoms with van der Waals surface area (Å²) in [5.41, 5.74) is 3.04. The Morgan fingerprint density at radius 2 is 1.47 bits per heavy atom. The summed E-state index contributed by atoms with van der Waals surface area (Å²) in [6.07, 6.45) is 3.69. The summed E-state index contributed by atoms with van der Waals surface area (Å²) in [6, 6.07) is 7.40. The van der Waals surface area contributed by atoms with E-state index in [1.165, 1.54) is 19.3 Å². The molecule has 3 heterocycles. The van der Waals surface area contributed by atoms with Crippen LogP contribution >= 0.6 is 0 Å². The van der Waals surface area contributed by atoms with Crippen LogP contribution in [-0.4, -0.2) is 62.0 Å². The van der Waals surface area contributed by atoms with Crippen LogP contribution in [0.15, 0.2) is 29.2 Å². The van der Waals surface area contributed by atoms with Crippen molar-refractivity contribution in [2.45, 2.75) is 44.9 Å². The van der Waals surface area contributed by atoms with Crippen LogP contribution in [0, 0.1) is 20.8 Å². The molecule has 162 valence electrons. The Morgan fingerprint density at radius 1 is 0.767 bits per heavy atom. The van der Waals surface area contributed by atoms with Crippen LogP contribution in [0.2, 0.25) is 0 Å². The minimum atomic E-state index is -3.48. The molecule has 0 atom stereocenters. The van der Waals surface area contributed by atoms with Gasteiger partial charge < -0.3 is 9.80 Å². The second-order valence-corrected chi connectivity index (χ2v) is 10.3. The monoisotopic (exact) mass is 429 g/mol. The third-order valence-electron chi connectivity index (χ3n) is 6.15. The summed E-state index contributed by atoms with van der Waals surface area (Å²) in [5, 5.41) is 0. The van der Waals surface area contributed by atoms with E-state index in [4.69, 9.17) is 4.98 Å². The fourth-order valence-corrected chi connectivity index (χ4v) is 5.62. The SMILES string of the molecule is Cc1cc(N2CCCCC2)nc(N2CCN(S(=O)(=O)c3ccc(C)c(C)c3)CC2)n1. The van der Waals surface area contributed by atoms with Gasteiger partial charge in [0.05, 0.1) is 4.90 Å². The number of benzene rings is 1. The largest absolute Gasteiger partial charge is 0.356 e. The van der Waals surface area contributed by atoms with E-state index < -0.39 is 10.0 Å². The number of hydrogen-bond acceptors (Lipinski definition) is 6. The lowest BCUT2D eigenvalue weighted by atomic mass is 10.1. The second kappa shape index (κ2) is 8.51. The van der Waals surface area contributed by atoms with Crippen LogP contribution in [-0.2, 0) is 10.0 Å². The van der Waals surface area contributed by atoms with Crippen molar-refractivity contribution >= 4 is 21.8 Å². The van der Waals surface area contributed by atoms with Crippen molar-refractivity contribution in [2.75, 3.05) is 49.1 Å². The average molecular weight is 430 g/mol. The van der Waals surface area contributed by atoms with Gasteiger partial charge in [-0.05, 0) is 63.3 Å². The van der Waals surface area contributed by atoms with Crippen molar-refractivity contribution in [3.63, 3.8) is 0 Å². The Labute approximate surface area is 179 Å². The molecule has 0 aliphatic carbocycles. The van der Waals surface area contributed by atoms with Crippen molar-refractivity contribution in [1.82, 2.24) is 14.3 Å². The van der Waals surface area contributed by atoms with E-state index in [9.17, 15) is 8.42 Å². The van der Waals surface area contributed by atoms with Gasteiger partial charge in [0.2, 0.25) is 16.0 Å². The highest BCUT2D eigenvalue weighted by Gasteiger charge is 2.30. The first-order chi connectivity index (χ1) is 14.3. The third-order valence-corrected chi connectivity index (χ3v) is 8.04. The van der Waals surface area contributed by atoms with Gasteiger partial charge in [-0.1, -0.05) is 6.07 Å². The zero-order valence-electron chi connectivity index (χ0n) is 18.1. The molecule has 2 aliphatic heterocycles. The molecule has 0 amide bonds. The van der Waals surface area contributed by atoms with Gasteiger partial charge in [0.25, 0.3) is 0 Å². The highest BCUT2D eigenvalue weighted by molar-refractivity contribution is 7.89. The number of piperidine rings is 1. The first-order valence-corrected chi connectivity index (χ1v) is 12.2. The van der Waals surface area contributed by atoms with E-state index in [1.54, 1.807) is 16.4 Å². The lowest BCUT2D eigenvalue weighted by Gasteiger charge is -2.35. The van der Waals surface area contributed by atoms with Gasteiger partial charge in [0.1, 0.15) is 5.82 Å². The topological polar surface area (TPSA) is 69.6 Å². The molecular weight excluding hydrogens is 398 g/mol. The van der Waals surface area contributed by atoms with Crippen molar-refractivity contribution in [3.8, 4) is 0 Å². The smallest absolute Gasteiger partial charge is 0.243 e. The summed E-state index contributed by atoms with van der Waals surface area (Å²) in [4.78, 5) is 14.3. The molecule has 1 aromatic heterocycles. The molecule has 0 spiro atoms.